The third kappa shape index (κ3) is 2.04. The average Bonchev–Trinajstić information content (AvgIpc) is 2.73. The molecule has 0 unspecified atom stereocenters. The third-order valence-electron chi connectivity index (χ3n) is 2.93. The van der Waals surface area contributed by atoms with Crippen LogP contribution in [0.3, 0.4) is 0 Å². The molecule has 0 fully saturated rings. The maximum Gasteiger partial charge on any atom is 0.267 e. The van der Waals surface area contributed by atoms with Gasteiger partial charge in [-0.05, 0) is 18.2 Å². The van der Waals surface area contributed by atoms with Crippen LogP contribution in [0.4, 0.5) is 0 Å². The number of hydrogen-bond donors (Lipinski definition) is 2. The second-order valence-corrected chi connectivity index (χ2v) is 4.03. The van der Waals surface area contributed by atoms with Crippen molar-refractivity contribution in [3.63, 3.8) is 0 Å². The van der Waals surface area contributed by atoms with E-state index >= 15 is 0 Å². The van der Waals surface area contributed by atoms with Crippen LogP contribution in [-0.2, 0) is 7.05 Å². The van der Waals surface area contributed by atoms with Crippen LogP contribution in [0.1, 0.15) is 10.5 Å². The SMILES string of the molecule is COc1cccc2c1cc(C(=O)NCCN)n2C. The van der Waals surface area contributed by atoms with Gasteiger partial charge < -0.3 is 20.4 Å². The highest BCUT2D eigenvalue weighted by Crippen LogP contribution is 2.27. The molecular formula is C13H17N3O2. The van der Waals surface area contributed by atoms with E-state index in [4.69, 9.17) is 10.5 Å². The van der Waals surface area contributed by atoms with Gasteiger partial charge in [-0.2, -0.15) is 0 Å². The zero-order valence-corrected chi connectivity index (χ0v) is 10.6. The number of carbonyl (C=O) groups is 1. The predicted molar refractivity (Wildman–Crippen MR) is 70.9 cm³/mol. The van der Waals surface area contributed by atoms with E-state index in [9.17, 15) is 4.79 Å². The number of benzene rings is 1. The Labute approximate surface area is 106 Å². The van der Waals surface area contributed by atoms with Crippen molar-refractivity contribution < 1.29 is 9.53 Å². The first-order valence-electron chi connectivity index (χ1n) is 5.79. The smallest absolute Gasteiger partial charge is 0.267 e. The zero-order chi connectivity index (χ0) is 13.1. The molecule has 2 rings (SSSR count). The fourth-order valence-electron chi connectivity index (χ4n) is 2.01. The van der Waals surface area contributed by atoms with Gasteiger partial charge in [-0.25, -0.2) is 0 Å². The minimum Gasteiger partial charge on any atom is -0.496 e. The Morgan fingerprint density at radius 2 is 2.28 bits per heavy atom. The van der Waals surface area contributed by atoms with E-state index in [1.54, 1.807) is 7.11 Å². The van der Waals surface area contributed by atoms with E-state index in [0.29, 0.717) is 18.8 Å². The van der Waals surface area contributed by atoms with E-state index in [1.165, 1.54) is 0 Å². The van der Waals surface area contributed by atoms with Gasteiger partial charge >= 0.3 is 0 Å². The molecule has 1 amide bonds. The number of fused-ring (bicyclic) bond motifs is 1. The molecule has 0 spiro atoms. The number of rotatable bonds is 4. The number of hydrogen-bond acceptors (Lipinski definition) is 3. The minimum absolute atomic E-state index is 0.124. The Morgan fingerprint density at radius 3 is 2.94 bits per heavy atom. The van der Waals surface area contributed by atoms with Gasteiger partial charge in [-0.1, -0.05) is 6.07 Å². The Kier molecular flexibility index (Phi) is 3.53. The highest BCUT2D eigenvalue weighted by atomic mass is 16.5. The molecule has 0 radical (unpaired) electrons. The summed E-state index contributed by atoms with van der Waals surface area (Å²) in [4.78, 5) is 12.0. The molecule has 5 nitrogen and oxygen atoms in total. The summed E-state index contributed by atoms with van der Waals surface area (Å²) in [6.07, 6.45) is 0. The van der Waals surface area contributed by atoms with Crippen LogP contribution < -0.4 is 15.8 Å². The molecular weight excluding hydrogens is 230 g/mol. The molecule has 2 aromatic rings. The van der Waals surface area contributed by atoms with Crippen molar-refractivity contribution in [1.82, 2.24) is 9.88 Å². The van der Waals surface area contributed by atoms with E-state index in [1.807, 2.05) is 35.9 Å². The maximum atomic E-state index is 12.0. The third-order valence-corrected chi connectivity index (χ3v) is 2.93. The number of carbonyl (C=O) groups excluding carboxylic acids is 1. The van der Waals surface area contributed by atoms with Crippen LogP contribution in [0.15, 0.2) is 24.3 Å². The van der Waals surface area contributed by atoms with Crippen molar-refractivity contribution in [2.24, 2.45) is 12.8 Å². The van der Waals surface area contributed by atoms with Gasteiger partial charge in [-0.3, -0.25) is 4.79 Å². The number of nitrogens with two attached hydrogens (primary N) is 1. The van der Waals surface area contributed by atoms with E-state index in [2.05, 4.69) is 5.32 Å². The van der Waals surface area contributed by atoms with Crippen molar-refractivity contribution in [1.29, 1.82) is 0 Å². The van der Waals surface area contributed by atoms with E-state index in [0.717, 1.165) is 16.7 Å². The minimum atomic E-state index is -0.124. The van der Waals surface area contributed by atoms with Crippen molar-refractivity contribution in [2.45, 2.75) is 0 Å². The van der Waals surface area contributed by atoms with Crippen LogP contribution >= 0.6 is 0 Å². The highest BCUT2D eigenvalue weighted by molar-refractivity contribution is 6.00. The summed E-state index contributed by atoms with van der Waals surface area (Å²) in [5, 5.41) is 3.69. The molecule has 5 heteroatoms. The number of amides is 1. The van der Waals surface area contributed by atoms with Gasteiger partial charge in [-0.15, -0.1) is 0 Å². The topological polar surface area (TPSA) is 69.3 Å². The van der Waals surface area contributed by atoms with Gasteiger partial charge in [0.2, 0.25) is 0 Å². The molecule has 0 saturated carbocycles. The van der Waals surface area contributed by atoms with Crippen LogP contribution in [0, 0.1) is 0 Å². The number of aryl methyl sites for hydroxylation is 1. The number of methoxy groups -OCH3 is 1. The summed E-state index contributed by atoms with van der Waals surface area (Å²) in [5.74, 6) is 0.641. The Bertz CT molecular complexity index is 575. The predicted octanol–water partition coefficient (Wildman–Crippen LogP) is 0.875. The first-order valence-corrected chi connectivity index (χ1v) is 5.79. The first kappa shape index (κ1) is 12.4. The largest absolute Gasteiger partial charge is 0.496 e. The second-order valence-electron chi connectivity index (χ2n) is 4.03. The number of aromatic nitrogens is 1. The lowest BCUT2D eigenvalue weighted by Crippen LogP contribution is -2.30. The lowest BCUT2D eigenvalue weighted by Gasteiger charge is -2.05. The maximum absolute atomic E-state index is 12.0. The second kappa shape index (κ2) is 5.10. The lowest BCUT2D eigenvalue weighted by molar-refractivity contribution is 0.0947. The lowest BCUT2D eigenvalue weighted by atomic mass is 10.2. The van der Waals surface area contributed by atoms with Crippen molar-refractivity contribution in [3.8, 4) is 5.75 Å². The van der Waals surface area contributed by atoms with Crippen LogP contribution in [0.2, 0.25) is 0 Å². The summed E-state index contributed by atoms with van der Waals surface area (Å²) in [6, 6.07) is 7.57. The summed E-state index contributed by atoms with van der Waals surface area (Å²) >= 11 is 0. The average molecular weight is 247 g/mol. The van der Waals surface area contributed by atoms with Gasteiger partial charge in [0, 0.05) is 25.5 Å². The Hall–Kier alpha value is -2.01. The van der Waals surface area contributed by atoms with Gasteiger partial charge in [0.15, 0.2) is 0 Å². The number of nitrogens with zero attached hydrogens (tertiary/aromatic N) is 1. The monoisotopic (exact) mass is 247 g/mol. The standard InChI is InChI=1S/C13H17N3O2/c1-16-10-4-3-5-12(18-2)9(10)8-11(16)13(17)15-7-6-14/h3-5,8H,6-7,14H2,1-2H3,(H,15,17). The Balaban J connectivity index is 2.47. The molecule has 3 N–H and O–H groups in total. The van der Waals surface area contributed by atoms with Gasteiger partial charge in [0.25, 0.3) is 5.91 Å². The Morgan fingerprint density at radius 1 is 1.50 bits per heavy atom. The molecule has 1 aromatic heterocycles. The molecule has 1 heterocycles. The molecule has 18 heavy (non-hydrogen) atoms. The van der Waals surface area contributed by atoms with Crippen molar-refractivity contribution in [3.05, 3.63) is 30.0 Å². The van der Waals surface area contributed by atoms with Crippen molar-refractivity contribution in [2.75, 3.05) is 20.2 Å². The molecule has 0 aliphatic rings. The number of nitrogens with one attached hydrogen (secondary N) is 1. The first-order chi connectivity index (χ1) is 8.69. The zero-order valence-electron chi connectivity index (χ0n) is 10.6. The fraction of sp³-hybridized carbons (Fsp3) is 0.308. The molecule has 1 aromatic carbocycles. The summed E-state index contributed by atoms with van der Waals surface area (Å²) < 4.78 is 7.14. The molecule has 0 aliphatic heterocycles. The molecule has 0 bridgehead atoms. The van der Waals surface area contributed by atoms with E-state index in [-0.39, 0.29) is 5.91 Å². The molecule has 96 valence electrons. The summed E-state index contributed by atoms with van der Waals surface area (Å²) in [5.41, 5.74) is 6.94. The summed E-state index contributed by atoms with van der Waals surface area (Å²) in [6.45, 7) is 0.899. The highest BCUT2D eigenvalue weighted by Gasteiger charge is 2.14. The fourth-order valence-corrected chi connectivity index (χ4v) is 2.01. The molecule has 0 saturated heterocycles. The van der Waals surface area contributed by atoms with Crippen LogP contribution in [0.5, 0.6) is 5.75 Å². The number of ether oxygens (including phenoxy) is 1. The van der Waals surface area contributed by atoms with Crippen LogP contribution in [0.25, 0.3) is 10.9 Å². The van der Waals surface area contributed by atoms with Gasteiger partial charge in [0.05, 0.1) is 12.6 Å². The van der Waals surface area contributed by atoms with E-state index < -0.39 is 0 Å². The van der Waals surface area contributed by atoms with Gasteiger partial charge in [0.1, 0.15) is 11.4 Å². The van der Waals surface area contributed by atoms with Crippen molar-refractivity contribution >= 4 is 16.8 Å². The molecule has 0 aliphatic carbocycles. The normalized spacial score (nSPS) is 10.6. The quantitative estimate of drug-likeness (QED) is 0.842. The summed E-state index contributed by atoms with van der Waals surface area (Å²) in [7, 11) is 3.48. The molecule has 0 atom stereocenters. The van der Waals surface area contributed by atoms with Crippen LogP contribution in [-0.4, -0.2) is 30.7 Å².